The maximum absolute atomic E-state index is 5.53. The summed E-state index contributed by atoms with van der Waals surface area (Å²) >= 11 is 0. The predicted octanol–water partition coefficient (Wildman–Crippen LogP) is 2.19. The SMILES string of the molecule is Cc1ccc(-n2ncc3c(NCCCN)ncnc32)c(C)c1. The van der Waals surface area contributed by atoms with Crippen LogP contribution in [0.25, 0.3) is 16.7 Å². The van der Waals surface area contributed by atoms with Crippen molar-refractivity contribution in [3.05, 3.63) is 41.9 Å². The van der Waals surface area contributed by atoms with E-state index in [0.717, 1.165) is 35.5 Å². The molecule has 2 heterocycles. The number of hydrogen-bond donors (Lipinski definition) is 2. The van der Waals surface area contributed by atoms with Crippen LogP contribution in [0.4, 0.5) is 5.82 Å². The number of anilines is 1. The van der Waals surface area contributed by atoms with E-state index in [1.807, 2.05) is 4.68 Å². The van der Waals surface area contributed by atoms with Crippen molar-refractivity contribution in [2.24, 2.45) is 5.73 Å². The van der Waals surface area contributed by atoms with Crippen LogP contribution in [0, 0.1) is 13.8 Å². The van der Waals surface area contributed by atoms with E-state index in [0.29, 0.717) is 6.54 Å². The quantitative estimate of drug-likeness (QED) is 0.705. The minimum absolute atomic E-state index is 0.656. The van der Waals surface area contributed by atoms with Gasteiger partial charge in [0.15, 0.2) is 5.65 Å². The molecule has 0 unspecified atom stereocenters. The number of rotatable bonds is 5. The fourth-order valence-corrected chi connectivity index (χ4v) is 2.51. The number of fused-ring (bicyclic) bond motifs is 1. The molecule has 0 fully saturated rings. The minimum atomic E-state index is 0.656. The summed E-state index contributed by atoms with van der Waals surface area (Å²) in [5.41, 5.74) is 9.76. The third-order valence-electron chi connectivity index (χ3n) is 3.62. The summed E-state index contributed by atoms with van der Waals surface area (Å²) in [6, 6.07) is 6.29. The van der Waals surface area contributed by atoms with Gasteiger partial charge in [-0.15, -0.1) is 0 Å². The van der Waals surface area contributed by atoms with Crippen LogP contribution in [-0.4, -0.2) is 32.8 Å². The molecule has 0 spiro atoms. The van der Waals surface area contributed by atoms with Crippen molar-refractivity contribution in [3.63, 3.8) is 0 Å². The average molecular weight is 296 g/mol. The van der Waals surface area contributed by atoms with Crippen molar-refractivity contribution >= 4 is 16.9 Å². The van der Waals surface area contributed by atoms with Crippen LogP contribution in [0.15, 0.2) is 30.7 Å². The predicted molar refractivity (Wildman–Crippen MR) is 88.3 cm³/mol. The van der Waals surface area contributed by atoms with Gasteiger partial charge in [0.2, 0.25) is 0 Å². The zero-order valence-electron chi connectivity index (χ0n) is 12.9. The van der Waals surface area contributed by atoms with Crippen LogP contribution >= 0.6 is 0 Å². The van der Waals surface area contributed by atoms with Crippen LogP contribution < -0.4 is 11.1 Å². The molecular weight excluding hydrogens is 276 g/mol. The van der Waals surface area contributed by atoms with E-state index in [2.05, 4.69) is 52.4 Å². The second kappa shape index (κ2) is 6.11. The highest BCUT2D eigenvalue weighted by atomic mass is 15.3. The number of aryl methyl sites for hydroxylation is 2. The first-order valence-electron chi connectivity index (χ1n) is 7.41. The van der Waals surface area contributed by atoms with Crippen LogP contribution in [0.3, 0.4) is 0 Å². The molecule has 2 aromatic heterocycles. The van der Waals surface area contributed by atoms with Crippen LogP contribution in [0.1, 0.15) is 17.5 Å². The van der Waals surface area contributed by atoms with E-state index < -0.39 is 0 Å². The van der Waals surface area contributed by atoms with E-state index in [9.17, 15) is 0 Å². The molecule has 0 bridgehead atoms. The van der Waals surface area contributed by atoms with Crippen molar-refractivity contribution < 1.29 is 0 Å². The number of nitrogens with zero attached hydrogens (tertiary/aromatic N) is 4. The molecule has 0 radical (unpaired) electrons. The van der Waals surface area contributed by atoms with Crippen molar-refractivity contribution in [2.45, 2.75) is 20.3 Å². The lowest BCUT2D eigenvalue weighted by Gasteiger charge is -2.08. The lowest BCUT2D eigenvalue weighted by molar-refractivity contribution is 0.869. The normalized spacial score (nSPS) is 11.0. The van der Waals surface area contributed by atoms with Crippen LogP contribution in [0.5, 0.6) is 0 Å². The molecule has 1 aromatic carbocycles. The molecule has 0 aliphatic rings. The molecule has 0 aliphatic heterocycles. The topological polar surface area (TPSA) is 81.7 Å². The van der Waals surface area contributed by atoms with Gasteiger partial charge in [-0.2, -0.15) is 5.10 Å². The van der Waals surface area contributed by atoms with E-state index in [4.69, 9.17) is 5.73 Å². The third kappa shape index (κ3) is 2.65. The van der Waals surface area contributed by atoms with Gasteiger partial charge in [0.05, 0.1) is 17.3 Å². The summed E-state index contributed by atoms with van der Waals surface area (Å²) in [5.74, 6) is 0.800. The molecule has 0 aliphatic carbocycles. The molecule has 22 heavy (non-hydrogen) atoms. The molecule has 6 nitrogen and oxygen atoms in total. The van der Waals surface area contributed by atoms with Gasteiger partial charge in [0.1, 0.15) is 12.1 Å². The van der Waals surface area contributed by atoms with Gasteiger partial charge >= 0.3 is 0 Å². The van der Waals surface area contributed by atoms with Crippen molar-refractivity contribution in [2.75, 3.05) is 18.4 Å². The monoisotopic (exact) mass is 296 g/mol. The Morgan fingerprint density at radius 3 is 2.86 bits per heavy atom. The van der Waals surface area contributed by atoms with Gasteiger partial charge in [-0.1, -0.05) is 17.7 Å². The molecule has 114 valence electrons. The number of aromatic nitrogens is 4. The standard InChI is InChI=1S/C16H20N6/c1-11-4-5-14(12(2)8-11)22-16-13(9-21-22)15(19-10-20-16)18-7-3-6-17/h4-5,8-10H,3,6-7,17H2,1-2H3,(H,18,19,20). The Hall–Kier alpha value is -2.47. The Morgan fingerprint density at radius 2 is 2.09 bits per heavy atom. The fraction of sp³-hybridized carbons (Fsp3) is 0.312. The first-order chi connectivity index (χ1) is 10.7. The summed E-state index contributed by atoms with van der Waals surface area (Å²) in [4.78, 5) is 8.70. The highest BCUT2D eigenvalue weighted by Gasteiger charge is 2.12. The van der Waals surface area contributed by atoms with Crippen molar-refractivity contribution in [1.82, 2.24) is 19.7 Å². The average Bonchev–Trinajstić information content (AvgIpc) is 2.92. The number of benzene rings is 1. The van der Waals surface area contributed by atoms with Gasteiger partial charge in [-0.3, -0.25) is 0 Å². The molecule has 0 atom stereocenters. The number of hydrogen-bond acceptors (Lipinski definition) is 5. The van der Waals surface area contributed by atoms with Crippen LogP contribution in [-0.2, 0) is 0 Å². The Labute approximate surface area is 129 Å². The lowest BCUT2D eigenvalue weighted by Crippen LogP contribution is -2.09. The third-order valence-corrected chi connectivity index (χ3v) is 3.62. The zero-order chi connectivity index (χ0) is 15.5. The largest absolute Gasteiger partial charge is 0.369 e. The molecule has 6 heteroatoms. The Morgan fingerprint density at radius 1 is 1.23 bits per heavy atom. The molecule has 0 amide bonds. The maximum atomic E-state index is 5.53. The zero-order valence-corrected chi connectivity index (χ0v) is 12.9. The smallest absolute Gasteiger partial charge is 0.168 e. The Balaban J connectivity index is 2.03. The van der Waals surface area contributed by atoms with Crippen LogP contribution in [0.2, 0.25) is 0 Å². The van der Waals surface area contributed by atoms with Gasteiger partial charge in [0, 0.05) is 6.54 Å². The van der Waals surface area contributed by atoms with E-state index in [1.165, 1.54) is 11.1 Å². The Kier molecular flexibility index (Phi) is 4.02. The van der Waals surface area contributed by atoms with Crippen molar-refractivity contribution in [1.29, 1.82) is 0 Å². The second-order valence-corrected chi connectivity index (χ2v) is 5.37. The maximum Gasteiger partial charge on any atom is 0.168 e. The van der Waals surface area contributed by atoms with E-state index in [1.54, 1.807) is 12.5 Å². The van der Waals surface area contributed by atoms with E-state index in [-0.39, 0.29) is 0 Å². The summed E-state index contributed by atoms with van der Waals surface area (Å²) in [6.07, 6.45) is 4.27. The lowest BCUT2D eigenvalue weighted by atomic mass is 10.1. The summed E-state index contributed by atoms with van der Waals surface area (Å²) in [5, 5.41) is 8.70. The van der Waals surface area contributed by atoms with Gasteiger partial charge in [0.25, 0.3) is 0 Å². The van der Waals surface area contributed by atoms with E-state index >= 15 is 0 Å². The molecule has 3 aromatic rings. The molecule has 3 rings (SSSR count). The first-order valence-corrected chi connectivity index (χ1v) is 7.41. The molecule has 0 saturated carbocycles. The molecule has 0 saturated heterocycles. The first kappa shape index (κ1) is 14.5. The summed E-state index contributed by atoms with van der Waals surface area (Å²) in [6.45, 7) is 5.61. The fourth-order valence-electron chi connectivity index (χ4n) is 2.51. The number of nitrogens with two attached hydrogens (primary N) is 1. The van der Waals surface area contributed by atoms with Crippen molar-refractivity contribution in [3.8, 4) is 5.69 Å². The van der Waals surface area contributed by atoms with Gasteiger partial charge < -0.3 is 11.1 Å². The highest BCUT2D eigenvalue weighted by molar-refractivity contribution is 5.87. The van der Waals surface area contributed by atoms with Gasteiger partial charge in [-0.25, -0.2) is 14.6 Å². The Bertz CT molecular complexity index is 792. The van der Waals surface area contributed by atoms with Gasteiger partial charge in [-0.05, 0) is 38.4 Å². The number of nitrogens with one attached hydrogen (secondary N) is 1. The summed E-state index contributed by atoms with van der Waals surface area (Å²) in [7, 11) is 0. The molecular formula is C16H20N6. The minimum Gasteiger partial charge on any atom is -0.369 e. The highest BCUT2D eigenvalue weighted by Crippen LogP contribution is 2.23. The second-order valence-electron chi connectivity index (χ2n) is 5.37. The molecule has 3 N–H and O–H groups in total. The summed E-state index contributed by atoms with van der Waals surface area (Å²) < 4.78 is 1.86.